The van der Waals surface area contributed by atoms with Gasteiger partial charge in [-0.25, -0.2) is 0 Å². The van der Waals surface area contributed by atoms with E-state index in [0.29, 0.717) is 6.42 Å². The fourth-order valence-electron chi connectivity index (χ4n) is 3.03. The van der Waals surface area contributed by atoms with Gasteiger partial charge in [0.2, 0.25) is 5.91 Å². The Labute approximate surface area is 119 Å². The van der Waals surface area contributed by atoms with Gasteiger partial charge in [0, 0.05) is 25.8 Å². The molecule has 0 radical (unpaired) electrons. The molecule has 1 fully saturated rings. The maximum absolute atomic E-state index is 11.4. The van der Waals surface area contributed by atoms with Gasteiger partial charge in [0.05, 0.1) is 17.8 Å². The minimum atomic E-state index is 0.0521. The number of likely N-dealkylation sites (N-methyl/N-ethyl adjacent to an activating group) is 1. The average Bonchev–Trinajstić information content (AvgIpc) is 3.03. The van der Waals surface area contributed by atoms with Gasteiger partial charge in [-0.1, -0.05) is 0 Å². The minimum absolute atomic E-state index is 0.0521. The van der Waals surface area contributed by atoms with Crippen LogP contribution in [0.2, 0.25) is 0 Å². The maximum Gasteiger partial charge on any atom is 0.228 e. The van der Waals surface area contributed by atoms with Crippen molar-refractivity contribution in [2.24, 2.45) is 0 Å². The van der Waals surface area contributed by atoms with Crippen LogP contribution in [0.25, 0.3) is 0 Å². The molecule has 2 aliphatic heterocycles. The predicted octanol–water partition coefficient (Wildman–Crippen LogP) is 1.30. The van der Waals surface area contributed by atoms with Crippen molar-refractivity contribution < 1.29 is 4.79 Å². The number of carbonyl (C=O) groups excluding carboxylic acids is 1. The number of hydrogen-bond donors (Lipinski definition) is 2. The molecule has 5 nitrogen and oxygen atoms in total. The van der Waals surface area contributed by atoms with E-state index in [1.807, 2.05) is 12.1 Å². The van der Waals surface area contributed by atoms with Crippen molar-refractivity contribution in [2.75, 3.05) is 49.2 Å². The van der Waals surface area contributed by atoms with Crippen LogP contribution in [0.15, 0.2) is 12.1 Å². The number of nitrogens with two attached hydrogens (primary N) is 1. The summed E-state index contributed by atoms with van der Waals surface area (Å²) in [5.74, 6) is 0.0521. The van der Waals surface area contributed by atoms with Gasteiger partial charge in [-0.05, 0) is 43.6 Å². The summed E-state index contributed by atoms with van der Waals surface area (Å²) in [7, 11) is 2.06. The molecule has 1 aromatic rings. The molecule has 0 aromatic heterocycles. The summed E-state index contributed by atoms with van der Waals surface area (Å²) in [5, 5.41) is 2.89. The zero-order valence-corrected chi connectivity index (χ0v) is 12.0. The molecule has 0 unspecified atom stereocenters. The number of likely N-dealkylation sites (tertiary alicyclic amines) is 1. The van der Waals surface area contributed by atoms with Crippen molar-refractivity contribution >= 4 is 23.0 Å². The topological polar surface area (TPSA) is 61.6 Å². The molecule has 108 valence electrons. The second kappa shape index (κ2) is 5.32. The molecule has 0 bridgehead atoms. The molecule has 20 heavy (non-hydrogen) atoms. The van der Waals surface area contributed by atoms with Gasteiger partial charge in [-0.2, -0.15) is 0 Å². The highest BCUT2D eigenvalue weighted by molar-refractivity contribution is 6.00. The van der Waals surface area contributed by atoms with Gasteiger partial charge in [0.15, 0.2) is 0 Å². The van der Waals surface area contributed by atoms with Crippen molar-refractivity contribution in [1.29, 1.82) is 0 Å². The van der Waals surface area contributed by atoms with Gasteiger partial charge >= 0.3 is 0 Å². The highest BCUT2D eigenvalue weighted by Crippen LogP contribution is 2.33. The molecule has 0 saturated carbocycles. The van der Waals surface area contributed by atoms with Gasteiger partial charge in [-0.3, -0.25) is 4.79 Å². The minimum Gasteiger partial charge on any atom is -0.397 e. The van der Waals surface area contributed by atoms with Crippen LogP contribution in [0, 0.1) is 0 Å². The highest BCUT2D eigenvalue weighted by atomic mass is 16.1. The zero-order valence-electron chi connectivity index (χ0n) is 12.0. The van der Waals surface area contributed by atoms with Crippen molar-refractivity contribution in [3.63, 3.8) is 0 Å². The first-order valence-corrected chi connectivity index (χ1v) is 7.29. The van der Waals surface area contributed by atoms with Crippen LogP contribution < -0.4 is 16.0 Å². The molecule has 3 N–H and O–H groups in total. The van der Waals surface area contributed by atoms with E-state index < -0.39 is 0 Å². The second-order valence-electron chi connectivity index (χ2n) is 5.76. The Bertz CT molecular complexity index is 523. The van der Waals surface area contributed by atoms with Crippen LogP contribution >= 0.6 is 0 Å². The zero-order chi connectivity index (χ0) is 14.1. The molecular weight excluding hydrogens is 252 g/mol. The first kappa shape index (κ1) is 13.2. The van der Waals surface area contributed by atoms with E-state index in [0.717, 1.165) is 35.7 Å². The predicted molar refractivity (Wildman–Crippen MR) is 82.1 cm³/mol. The molecule has 0 aliphatic carbocycles. The van der Waals surface area contributed by atoms with Crippen molar-refractivity contribution in [2.45, 2.75) is 19.3 Å². The molecule has 0 atom stereocenters. The largest absolute Gasteiger partial charge is 0.397 e. The van der Waals surface area contributed by atoms with E-state index in [4.69, 9.17) is 5.73 Å². The summed E-state index contributed by atoms with van der Waals surface area (Å²) in [5.41, 5.74) is 9.80. The quantitative estimate of drug-likeness (QED) is 0.812. The summed E-state index contributed by atoms with van der Waals surface area (Å²) in [6, 6.07) is 3.93. The normalized spacial score (nSPS) is 18.1. The van der Waals surface area contributed by atoms with Crippen LogP contribution in [0.1, 0.15) is 18.4 Å². The van der Waals surface area contributed by atoms with E-state index in [1.165, 1.54) is 25.9 Å². The lowest BCUT2D eigenvalue weighted by Gasteiger charge is -2.25. The lowest BCUT2D eigenvalue weighted by molar-refractivity contribution is -0.115. The summed E-state index contributed by atoms with van der Waals surface area (Å²) >= 11 is 0. The fraction of sp³-hybridized carbons (Fsp3) is 0.533. The highest BCUT2D eigenvalue weighted by Gasteiger charge is 2.20. The number of anilines is 3. The lowest BCUT2D eigenvalue weighted by atomic mass is 10.1. The number of amides is 1. The molecule has 3 rings (SSSR count). The first-order chi connectivity index (χ1) is 9.63. The molecule has 1 aromatic carbocycles. The molecular formula is C15H22N4O. The van der Waals surface area contributed by atoms with E-state index in [9.17, 15) is 4.79 Å². The molecule has 1 saturated heterocycles. The summed E-state index contributed by atoms with van der Waals surface area (Å²) < 4.78 is 0. The van der Waals surface area contributed by atoms with E-state index in [-0.39, 0.29) is 5.91 Å². The van der Waals surface area contributed by atoms with Gasteiger partial charge in [0.1, 0.15) is 0 Å². The number of benzene rings is 1. The number of fused-ring (bicyclic) bond motifs is 1. The molecule has 1 amide bonds. The fourth-order valence-corrected chi connectivity index (χ4v) is 3.03. The number of nitrogens with one attached hydrogen (secondary N) is 1. The second-order valence-corrected chi connectivity index (χ2v) is 5.76. The van der Waals surface area contributed by atoms with Gasteiger partial charge < -0.3 is 20.9 Å². The Morgan fingerprint density at radius 3 is 2.85 bits per heavy atom. The Hall–Kier alpha value is -1.75. The Kier molecular flexibility index (Phi) is 3.53. The summed E-state index contributed by atoms with van der Waals surface area (Å²) in [6.07, 6.45) is 3.07. The van der Waals surface area contributed by atoms with Crippen molar-refractivity contribution in [3.05, 3.63) is 17.7 Å². The summed E-state index contributed by atoms with van der Waals surface area (Å²) in [4.78, 5) is 16.1. The molecule has 2 heterocycles. The van der Waals surface area contributed by atoms with Gasteiger partial charge in [-0.15, -0.1) is 0 Å². The monoisotopic (exact) mass is 274 g/mol. The SMILES string of the molecule is CN(CCN1CCCC1)c1cc2c(cc1N)CC(=O)N2. The average molecular weight is 274 g/mol. The van der Waals surface area contributed by atoms with Crippen LogP contribution in [0.4, 0.5) is 17.1 Å². The van der Waals surface area contributed by atoms with E-state index in [1.54, 1.807) is 0 Å². The van der Waals surface area contributed by atoms with E-state index >= 15 is 0 Å². The number of hydrogen-bond acceptors (Lipinski definition) is 4. The summed E-state index contributed by atoms with van der Waals surface area (Å²) in [6.45, 7) is 4.45. The third-order valence-electron chi connectivity index (χ3n) is 4.24. The number of carbonyl (C=O) groups is 1. The van der Waals surface area contributed by atoms with Gasteiger partial charge in [0.25, 0.3) is 0 Å². The molecule has 0 spiro atoms. The Balaban J connectivity index is 1.69. The standard InChI is InChI=1S/C15H22N4O/c1-18(6-7-19-4-2-3-5-19)14-10-13-11(8-12(14)16)9-15(20)17-13/h8,10H,2-7,9,16H2,1H3,(H,17,20). The lowest BCUT2D eigenvalue weighted by Crippen LogP contribution is -2.31. The number of nitrogen functional groups attached to an aromatic ring is 1. The van der Waals surface area contributed by atoms with Crippen LogP contribution in [0.3, 0.4) is 0 Å². The molecule has 5 heteroatoms. The first-order valence-electron chi connectivity index (χ1n) is 7.29. The van der Waals surface area contributed by atoms with Crippen molar-refractivity contribution in [3.8, 4) is 0 Å². The maximum atomic E-state index is 11.4. The van der Waals surface area contributed by atoms with Crippen LogP contribution in [0.5, 0.6) is 0 Å². The Morgan fingerprint density at radius 1 is 1.35 bits per heavy atom. The third-order valence-corrected chi connectivity index (χ3v) is 4.24. The third kappa shape index (κ3) is 2.58. The van der Waals surface area contributed by atoms with E-state index in [2.05, 4.69) is 22.2 Å². The smallest absolute Gasteiger partial charge is 0.228 e. The van der Waals surface area contributed by atoms with Crippen LogP contribution in [-0.2, 0) is 11.2 Å². The Morgan fingerprint density at radius 2 is 2.10 bits per heavy atom. The molecule has 2 aliphatic rings. The number of nitrogens with zero attached hydrogens (tertiary/aromatic N) is 2. The van der Waals surface area contributed by atoms with Crippen LogP contribution in [-0.4, -0.2) is 44.0 Å². The van der Waals surface area contributed by atoms with Crippen molar-refractivity contribution in [1.82, 2.24) is 4.90 Å². The number of rotatable bonds is 4.